The summed E-state index contributed by atoms with van der Waals surface area (Å²) >= 11 is 0. The van der Waals surface area contributed by atoms with E-state index in [4.69, 9.17) is 0 Å². The molecule has 6 nitrogen and oxygen atoms in total. The van der Waals surface area contributed by atoms with E-state index in [1.54, 1.807) is 24.3 Å². The Balaban J connectivity index is 1.56. The summed E-state index contributed by atoms with van der Waals surface area (Å²) in [6.45, 7) is -0.826. The van der Waals surface area contributed by atoms with Crippen molar-refractivity contribution in [3.8, 4) is 0 Å². The minimum absolute atomic E-state index is 0.0786. The summed E-state index contributed by atoms with van der Waals surface area (Å²) in [6.07, 6.45) is -4.83. The second-order valence-corrected chi connectivity index (χ2v) is 11.2. The molecule has 0 saturated carbocycles. The SMILES string of the molecule is O=S(=O)(c1ccc2ccccc2c1)N1CCN(S(=O)(=O)c2ccccc2C(F)(F)F)CC1. The molecule has 1 heterocycles. The quantitative estimate of drug-likeness (QED) is 0.568. The molecule has 0 amide bonds. The van der Waals surface area contributed by atoms with Crippen molar-refractivity contribution < 1.29 is 30.0 Å². The number of alkyl halides is 3. The predicted molar refractivity (Wildman–Crippen MR) is 113 cm³/mol. The van der Waals surface area contributed by atoms with Crippen molar-refractivity contribution in [1.29, 1.82) is 0 Å². The highest BCUT2D eigenvalue weighted by atomic mass is 32.2. The predicted octanol–water partition coefficient (Wildman–Crippen LogP) is 3.55. The van der Waals surface area contributed by atoms with Gasteiger partial charge in [-0.15, -0.1) is 0 Å². The van der Waals surface area contributed by atoms with Crippen LogP contribution in [0.3, 0.4) is 0 Å². The number of fused-ring (bicyclic) bond motifs is 1. The molecule has 32 heavy (non-hydrogen) atoms. The second kappa shape index (κ2) is 8.14. The molecule has 0 spiro atoms. The first-order chi connectivity index (χ1) is 15.0. The van der Waals surface area contributed by atoms with Gasteiger partial charge in [0.25, 0.3) is 0 Å². The van der Waals surface area contributed by atoms with Gasteiger partial charge in [0.2, 0.25) is 20.0 Å². The summed E-state index contributed by atoms with van der Waals surface area (Å²) in [5.41, 5.74) is -1.24. The Hall–Kier alpha value is -2.47. The highest BCUT2D eigenvalue weighted by Gasteiger charge is 2.40. The minimum atomic E-state index is -4.83. The van der Waals surface area contributed by atoms with Crippen molar-refractivity contribution in [2.75, 3.05) is 26.2 Å². The van der Waals surface area contributed by atoms with Crippen molar-refractivity contribution in [1.82, 2.24) is 8.61 Å². The molecule has 0 N–H and O–H groups in total. The maximum Gasteiger partial charge on any atom is 0.417 e. The number of benzene rings is 3. The van der Waals surface area contributed by atoms with Gasteiger partial charge in [-0.25, -0.2) is 16.8 Å². The Kier molecular flexibility index (Phi) is 5.78. The van der Waals surface area contributed by atoms with Crippen LogP contribution < -0.4 is 0 Å². The van der Waals surface area contributed by atoms with E-state index in [-0.39, 0.29) is 31.1 Å². The van der Waals surface area contributed by atoms with Gasteiger partial charge >= 0.3 is 6.18 Å². The number of hydrogen-bond acceptors (Lipinski definition) is 4. The van der Waals surface area contributed by atoms with Gasteiger partial charge in [0.1, 0.15) is 0 Å². The normalized spacial score (nSPS) is 17.0. The van der Waals surface area contributed by atoms with Crippen LogP contribution in [-0.4, -0.2) is 51.6 Å². The summed E-state index contributed by atoms with van der Waals surface area (Å²) < 4.78 is 93.8. The lowest BCUT2D eigenvalue weighted by Crippen LogP contribution is -2.50. The molecule has 1 aliphatic heterocycles. The molecule has 3 aromatic rings. The number of sulfonamides is 2. The van der Waals surface area contributed by atoms with Gasteiger partial charge in [-0.3, -0.25) is 0 Å². The van der Waals surface area contributed by atoms with Crippen LogP contribution in [0.2, 0.25) is 0 Å². The summed E-state index contributed by atoms with van der Waals surface area (Å²) in [6, 6.07) is 16.0. The number of halogens is 3. The summed E-state index contributed by atoms with van der Waals surface area (Å²) in [4.78, 5) is -0.756. The van der Waals surface area contributed by atoms with Crippen molar-refractivity contribution >= 4 is 30.8 Å². The highest BCUT2D eigenvalue weighted by Crippen LogP contribution is 2.35. The average molecular weight is 485 g/mol. The monoisotopic (exact) mass is 484 g/mol. The minimum Gasteiger partial charge on any atom is -0.207 e. The van der Waals surface area contributed by atoms with Gasteiger partial charge in [-0.05, 0) is 35.0 Å². The fourth-order valence-electron chi connectivity index (χ4n) is 3.69. The first-order valence-corrected chi connectivity index (χ1v) is 12.5. The van der Waals surface area contributed by atoms with Crippen LogP contribution in [0.25, 0.3) is 10.8 Å². The van der Waals surface area contributed by atoms with Gasteiger partial charge < -0.3 is 0 Å². The molecule has 1 aliphatic rings. The Morgan fingerprint density at radius 3 is 1.81 bits per heavy atom. The van der Waals surface area contributed by atoms with E-state index in [1.807, 2.05) is 12.1 Å². The highest BCUT2D eigenvalue weighted by molar-refractivity contribution is 7.89. The molecule has 1 fully saturated rings. The van der Waals surface area contributed by atoms with E-state index >= 15 is 0 Å². The van der Waals surface area contributed by atoms with E-state index in [1.165, 1.54) is 12.1 Å². The fourth-order valence-corrected chi connectivity index (χ4v) is 6.78. The molecule has 4 rings (SSSR count). The van der Waals surface area contributed by atoms with Gasteiger partial charge in [0.05, 0.1) is 15.4 Å². The second-order valence-electron chi connectivity index (χ2n) is 7.31. The fraction of sp³-hybridized carbons (Fsp3) is 0.238. The Bertz CT molecular complexity index is 1370. The van der Waals surface area contributed by atoms with E-state index in [9.17, 15) is 30.0 Å². The van der Waals surface area contributed by atoms with Crippen LogP contribution >= 0.6 is 0 Å². The molecule has 3 aromatic carbocycles. The Morgan fingerprint density at radius 2 is 1.19 bits per heavy atom. The van der Waals surface area contributed by atoms with Gasteiger partial charge in [-0.2, -0.15) is 21.8 Å². The summed E-state index contributed by atoms with van der Waals surface area (Å²) in [5.74, 6) is 0. The van der Waals surface area contributed by atoms with E-state index < -0.39 is 36.7 Å². The molecule has 0 aliphatic carbocycles. The lowest BCUT2D eigenvalue weighted by Gasteiger charge is -2.33. The van der Waals surface area contributed by atoms with Crippen LogP contribution in [0, 0.1) is 0 Å². The number of nitrogens with zero attached hydrogens (tertiary/aromatic N) is 2. The molecule has 0 unspecified atom stereocenters. The molecule has 11 heteroatoms. The molecule has 0 radical (unpaired) electrons. The maximum atomic E-state index is 13.3. The molecule has 0 aromatic heterocycles. The first-order valence-electron chi connectivity index (χ1n) is 9.66. The molecule has 170 valence electrons. The van der Waals surface area contributed by atoms with Crippen LogP contribution in [0.15, 0.2) is 76.5 Å². The maximum absolute atomic E-state index is 13.3. The van der Waals surface area contributed by atoms with E-state index in [0.29, 0.717) is 6.07 Å². The lowest BCUT2D eigenvalue weighted by molar-refractivity contribution is -0.139. The van der Waals surface area contributed by atoms with E-state index in [0.717, 1.165) is 31.5 Å². The van der Waals surface area contributed by atoms with Crippen LogP contribution in [0.4, 0.5) is 13.2 Å². The van der Waals surface area contributed by atoms with Gasteiger partial charge in [0.15, 0.2) is 0 Å². The lowest BCUT2D eigenvalue weighted by atomic mass is 10.1. The van der Waals surface area contributed by atoms with Crippen molar-refractivity contribution in [3.63, 3.8) is 0 Å². The standard InChI is InChI=1S/C21H19F3N2O4S2/c22-21(23,24)19-7-3-4-8-20(19)32(29,30)26-13-11-25(12-14-26)31(27,28)18-10-9-16-5-1-2-6-17(16)15-18/h1-10,15H,11-14H2. The molecule has 0 atom stereocenters. The van der Waals surface area contributed by atoms with Crippen molar-refractivity contribution in [2.45, 2.75) is 16.0 Å². The number of hydrogen-bond donors (Lipinski definition) is 0. The number of rotatable bonds is 4. The number of piperazine rings is 1. The summed E-state index contributed by atoms with van der Waals surface area (Å²) in [5, 5.41) is 1.63. The van der Waals surface area contributed by atoms with E-state index in [2.05, 4.69) is 0 Å². The molecular formula is C21H19F3N2O4S2. The average Bonchev–Trinajstić information content (AvgIpc) is 2.78. The van der Waals surface area contributed by atoms with Gasteiger partial charge in [0, 0.05) is 26.2 Å². The third-order valence-corrected chi connectivity index (χ3v) is 9.22. The third-order valence-electron chi connectivity index (χ3n) is 5.37. The molecule has 1 saturated heterocycles. The first kappa shape index (κ1) is 22.7. The van der Waals surface area contributed by atoms with Crippen molar-refractivity contribution in [2.24, 2.45) is 0 Å². The third kappa shape index (κ3) is 4.13. The zero-order valence-electron chi connectivity index (χ0n) is 16.7. The Labute approximate surface area is 184 Å². The smallest absolute Gasteiger partial charge is 0.207 e. The van der Waals surface area contributed by atoms with Crippen LogP contribution in [0.1, 0.15) is 5.56 Å². The zero-order valence-corrected chi connectivity index (χ0v) is 18.3. The summed E-state index contributed by atoms with van der Waals surface area (Å²) in [7, 11) is -8.33. The van der Waals surface area contributed by atoms with Crippen LogP contribution in [0.5, 0.6) is 0 Å². The molecular weight excluding hydrogens is 465 g/mol. The van der Waals surface area contributed by atoms with Gasteiger partial charge in [-0.1, -0.05) is 42.5 Å². The van der Waals surface area contributed by atoms with Crippen molar-refractivity contribution in [3.05, 3.63) is 72.3 Å². The zero-order chi connectivity index (χ0) is 23.1. The topological polar surface area (TPSA) is 74.8 Å². The Morgan fingerprint density at radius 1 is 0.656 bits per heavy atom. The molecule has 0 bridgehead atoms. The van der Waals surface area contributed by atoms with Crippen LogP contribution in [-0.2, 0) is 26.2 Å². The largest absolute Gasteiger partial charge is 0.417 e.